The van der Waals surface area contributed by atoms with Crippen LogP contribution in [0.15, 0.2) is 59.6 Å². The zero-order valence-corrected chi connectivity index (χ0v) is 20.5. The maximum atomic E-state index is 15.8. The van der Waals surface area contributed by atoms with Crippen molar-refractivity contribution in [2.75, 3.05) is 0 Å². The summed E-state index contributed by atoms with van der Waals surface area (Å²) in [6, 6.07) is 11.2. The van der Waals surface area contributed by atoms with Crippen molar-refractivity contribution in [3.8, 4) is 11.1 Å². The molecule has 36 heavy (non-hydrogen) atoms. The number of pyridine rings is 1. The minimum Gasteiger partial charge on any atom is -0.462 e. The third kappa shape index (κ3) is 3.13. The molecule has 5 atom stereocenters. The third-order valence-electron chi connectivity index (χ3n) is 8.62. The average Bonchev–Trinajstić information content (AvgIpc) is 3.10. The van der Waals surface area contributed by atoms with Gasteiger partial charge in [0, 0.05) is 51.9 Å². The van der Waals surface area contributed by atoms with Crippen molar-refractivity contribution in [3.63, 3.8) is 0 Å². The van der Waals surface area contributed by atoms with Gasteiger partial charge in [-0.25, -0.2) is 8.78 Å². The molecule has 9 heteroatoms. The van der Waals surface area contributed by atoms with Crippen LogP contribution in [0.1, 0.15) is 38.2 Å². The Hall–Kier alpha value is -3.13. The fraction of sp³-hybridized carbons (Fsp3) is 0.407. The van der Waals surface area contributed by atoms with Crippen LogP contribution in [0.4, 0.5) is 8.78 Å². The second-order valence-electron chi connectivity index (χ2n) is 10.5. The van der Waals surface area contributed by atoms with Gasteiger partial charge in [0.2, 0.25) is 6.39 Å². The van der Waals surface area contributed by atoms with Crippen LogP contribution in [0, 0.1) is 22.2 Å². The first-order chi connectivity index (χ1) is 17.1. The predicted octanol–water partition coefficient (Wildman–Crippen LogP) is 6.02. The second-order valence-corrected chi connectivity index (χ2v) is 10.9. The molecule has 3 fully saturated rings. The summed E-state index contributed by atoms with van der Waals surface area (Å²) in [5.74, 6) is -3.93. The Morgan fingerprint density at radius 3 is 2.67 bits per heavy atom. The van der Waals surface area contributed by atoms with Gasteiger partial charge >= 0.3 is 5.97 Å². The number of hydrogen-bond acceptors (Lipinski definition) is 6. The molecule has 0 spiro atoms. The Bertz CT molecular complexity index is 1360. The zero-order valence-electron chi connectivity index (χ0n) is 19.7. The number of fused-ring (bicyclic) bond motifs is 3. The summed E-state index contributed by atoms with van der Waals surface area (Å²) in [6.07, 6.45) is 5.53. The van der Waals surface area contributed by atoms with Crippen LogP contribution < -0.4 is 0 Å². The first-order valence-electron chi connectivity index (χ1n) is 11.9. The number of allylic oxidation sites excluding steroid dienone is 1. The highest BCUT2D eigenvalue weighted by atomic mass is 35.5. The lowest BCUT2D eigenvalue weighted by molar-refractivity contribution is -0.172. The van der Waals surface area contributed by atoms with Crippen molar-refractivity contribution in [1.29, 1.82) is 0 Å². The Kier molecular flexibility index (Phi) is 4.97. The van der Waals surface area contributed by atoms with Gasteiger partial charge in [-0.1, -0.05) is 54.0 Å². The first-order valence-corrected chi connectivity index (χ1v) is 12.2. The fourth-order valence-electron chi connectivity index (χ4n) is 6.82. The molecule has 1 saturated heterocycles. The molecule has 1 unspecified atom stereocenters. The molecule has 6 nitrogen and oxygen atoms in total. The molecule has 3 heterocycles. The van der Waals surface area contributed by atoms with Gasteiger partial charge in [-0.15, -0.1) is 0 Å². The molecule has 0 N–H and O–H groups in total. The van der Waals surface area contributed by atoms with Gasteiger partial charge in [-0.3, -0.25) is 9.78 Å². The van der Waals surface area contributed by atoms with E-state index in [4.69, 9.17) is 20.9 Å². The molecule has 0 bridgehead atoms. The second kappa shape index (κ2) is 7.68. The summed E-state index contributed by atoms with van der Waals surface area (Å²) in [6.45, 7) is 3.40. The number of alkyl halides is 2. The van der Waals surface area contributed by atoms with E-state index in [1.54, 1.807) is 26.1 Å². The standard InChI is InChI=1S/C27H24ClF2N3O3/c1-16-22-25(23(34)36-16,11-21-32-15-35-33-21)14-27(29,30)24(2)13-26(22,24)10-9-18-8-7-17(12-31-18)19-5-3-4-6-20(19)28/h3-10,12,15-16,22H,11,13-14H2,1-2H3/b10-9+/t16-,22-,24-,25-,26?/m1/s1. The van der Waals surface area contributed by atoms with E-state index in [0.29, 0.717) is 10.7 Å². The van der Waals surface area contributed by atoms with Gasteiger partial charge in [0.1, 0.15) is 6.10 Å². The number of esters is 1. The number of rotatable bonds is 5. The van der Waals surface area contributed by atoms with Gasteiger partial charge in [0.15, 0.2) is 5.82 Å². The molecular formula is C27H24ClF2N3O3. The van der Waals surface area contributed by atoms with E-state index in [1.807, 2.05) is 42.5 Å². The molecule has 2 aliphatic carbocycles. The van der Waals surface area contributed by atoms with Crippen LogP contribution in [0.5, 0.6) is 0 Å². The molecule has 6 rings (SSSR count). The minimum absolute atomic E-state index is 0.0522. The van der Waals surface area contributed by atoms with E-state index >= 15 is 8.78 Å². The van der Waals surface area contributed by atoms with Crippen LogP contribution in [0.2, 0.25) is 5.02 Å². The summed E-state index contributed by atoms with van der Waals surface area (Å²) in [5, 5.41) is 4.43. The Morgan fingerprint density at radius 2 is 1.97 bits per heavy atom. The Balaban J connectivity index is 1.37. The largest absolute Gasteiger partial charge is 0.462 e. The first kappa shape index (κ1) is 23.3. The van der Waals surface area contributed by atoms with E-state index < -0.39 is 46.6 Å². The topological polar surface area (TPSA) is 78.1 Å². The van der Waals surface area contributed by atoms with Crippen LogP contribution in [-0.2, 0) is 16.0 Å². The van der Waals surface area contributed by atoms with Crippen molar-refractivity contribution in [2.24, 2.45) is 22.2 Å². The predicted molar refractivity (Wildman–Crippen MR) is 128 cm³/mol. The monoisotopic (exact) mass is 511 g/mol. The van der Waals surface area contributed by atoms with Crippen molar-refractivity contribution < 1.29 is 22.8 Å². The Labute approximate surface area is 211 Å². The van der Waals surface area contributed by atoms with Crippen molar-refractivity contribution >= 4 is 23.6 Å². The highest BCUT2D eigenvalue weighted by molar-refractivity contribution is 6.33. The number of halogens is 3. The number of carbonyl (C=O) groups excluding carboxylic acids is 1. The van der Waals surface area contributed by atoms with E-state index in [1.165, 1.54) is 0 Å². The quantitative estimate of drug-likeness (QED) is 0.389. The third-order valence-corrected chi connectivity index (χ3v) is 8.95. The molecular weight excluding hydrogens is 488 g/mol. The van der Waals surface area contributed by atoms with Crippen LogP contribution in [-0.4, -0.2) is 33.1 Å². The van der Waals surface area contributed by atoms with E-state index in [-0.39, 0.29) is 18.7 Å². The highest BCUT2D eigenvalue weighted by Gasteiger charge is 2.86. The number of carbonyl (C=O) groups is 1. The number of hydrogen-bond donors (Lipinski definition) is 0. The summed E-state index contributed by atoms with van der Waals surface area (Å²) >= 11 is 6.30. The molecule has 3 aliphatic rings. The number of nitrogens with zero attached hydrogens (tertiary/aromatic N) is 3. The molecule has 3 aromatic rings. The number of ether oxygens (including phenoxy) is 1. The fourth-order valence-corrected chi connectivity index (χ4v) is 7.06. The summed E-state index contributed by atoms with van der Waals surface area (Å²) in [4.78, 5) is 21.7. The van der Waals surface area contributed by atoms with Gasteiger partial charge in [-0.05, 0) is 31.6 Å². The van der Waals surface area contributed by atoms with Gasteiger partial charge in [0.05, 0.1) is 11.1 Å². The van der Waals surface area contributed by atoms with E-state index in [0.717, 1.165) is 17.5 Å². The molecule has 0 radical (unpaired) electrons. The number of benzene rings is 1. The molecule has 2 aromatic heterocycles. The smallest absolute Gasteiger partial charge is 0.313 e. The van der Waals surface area contributed by atoms with Crippen molar-refractivity contribution in [2.45, 2.75) is 45.1 Å². The van der Waals surface area contributed by atoms with Gasteiger partial charge in [0.25, 0.3) is 5.92 Å². The lowest BCUT2D eigenvalue weighted by atomic mass is 9.55. The summed E-state index contributed by atoms with van der Waals surface area (Å²) in [5.41, 5.74) is -1.31. The van der Waals surface area contributed by atoms with E-state index in [9.17, 15) is 4.79 Å². The molecule has 186 valence electrons. The summed E-state index contributed by atoms with van der Waals surface area (Å²) in [7, 11) is 0. The van der Waals surface area contributed by atoms with Crippen molar-refractivity contribution in [1.82, 2.24) is 15.1 Å². The van der Waals surface area contributed by atoms with Crippen LogP contribution in [0.25, 0.3) is 17.2 Å². The number of cyclic esters (lactones) is 1. The highest BCUT2D eigenvalue weighted by Crippen LogP contribution is 2.83. The van der Waals surface area contributed by atoms with Gasteiger partial charge in [-0.2, -0.15) is 4.98 Å². The normalized spacial score (nSPS) is 34.3. The molecule has 0 amide bonds. The Morgan fingerprint density at radius 1 is 1.17 bits per heavy atom. The van der Waals surface area contributed by atoms with Crippen molar-refractivity contribution in [3.05, 3.63) is 71.6 Å². The maximum Gasteiger partial charge on any atom is 0.313 e. The van der Waals surface area contributed by atoms with E-state index in [2.05, 4.69) is 15.1 Å². The minimum atomic E-state index is -3.08. The average molecular weight is 512 g/mol. The van der Waals surface area contributed by atoms with Crippen LogP contribution in [0.3, 0.4) is 0 Å². The van der Waals surface area contributed by atoms with Gasteiger partial charge < -0.3 is 9.26 Å². The number of aromatic nitrogens is 3. The SMILES string of the molecule is C[C@H]1OC(=O)[C@]2(Cc3ncon3)CC(F)(F)[C@]3(C)CC3(/C=C/c3ccc(-c4ccccc4Cl)cn3)[C@H]12. The lowest BCUT2D eigenvalue weighted by Crippen LogP contribution is -2.54. The van der Waals surface area contributed by atoms with Crippen LogP contribution >= 0.6 is 11.6 Å². The molecule has 1 aliphatic heterocycles. The molecule has 2 saturated carbocycles. The maximum absolute atomic E-state index is 15.8. The lowest BCUT2D eigenvalue weighted by Gasteiger charge is -2.47. The summed E-state index contributed by atoms with van der Waals surface area (Å²) < 4.78 is 42.0. The molecule has 1 aromatic carbocycles. The zero-order chi connectivity index (χ0) is 25.3.